The molecule has 0 aliphatic rings. The second-order valence-corrected chi connectivity index (χ2v) is 4.05. The second-order valence-electron chi connectivity index (χ2n) is 4.05. The highest BCUT2D eigenvalue weighted by atomic mass is 16.2. The zero-order valence-electron chi connectivity index (χ0n) is 10.2. The molecule has 96 valence electrons. The minimum absolute atomic E-state index is 0.118. The number of carbonyl (C=O) groups is 2. The zero-order valence-corrected chi connectivity index (χ0v) is 10.2. The molecular formula is C14H14N3O2+. The molecular weight excluding hydrogens is 242 g/mol. The fourth-order valence-corrected chi connectivity index (χ4v) is 1.62. The summed E-state index contributed by atoms with van der Waals surface area (Å²) in [5, 5.41) is 2.77. The van der Waals surface area contributed by atoms with Crippen LogP contribution in [0.4, 0.5) is 5.69 Å². The first-order chi connectivity index (χ1) is 9.15. The molecule has 1 aromatic heterocycles. The predicted octanol–water partition coefficient (Wildman–Crippen LogP) is 0.712. The molecule has 0 aliphatic carbocycles. The number of hydrogen-bond donors (Lipinski definition) is 2. The fraction of sp³-hybridized carbons (Fsp3) is 0.0714. The highest BCUT2D eigenvalue weighted by molar-refractivity contribution is 6.04. The van der Waals surface area contributed by atoms with Crippen molar-refractivity contribution in [2.75, 3.05) is 5.32 Å². The van der Waals surface area contributed by atoms with E-state index in [1.165, 1.54) is 0 Å². The standard InChI is InChI=1S/C14H13N3O2/c15-13(18)10-17-8-6-12(7-9-17)16-14(19)11-4-2-1-3-5-11/h1-9H,10H2,(H2,15,18)/p+1. The van der Waals surface area contributed by atoms with E-state index < -0.39 is 5.91 Å². The van der Waals surface area contributed by atoms with Crippen LogP contribution in [-0.2, 0) is 11.3 Å². The Balaban J connectivity index is 2.04. The van der Waals surface area contributed by atoms with Gasteiger partial charge in [-0.1, -0.05) is 18.2 Å². The van der Waals surface area contributed by atoms with Gasteiger partial charge in [0.15, 0.2) is 12.4 Å². The largest absolute Gasteiger partial charge is 0.364 e. The molecule has 5 heteroatoms. The summed E-state index contributed by atoms with van der Waals surface area (Å²) < 4.78 is 1.64. The SMILES string of the molecule is NC(=O)C[n+]1ccc(NC(=O)c2ccccc2)cc1. The van der Waals surface area contributed by atoms with Gasteiger partial charge in [0.05, 0.1) is 5.69 Å². The van der Waals surface area contributed by atoms with E-state index in [2.05, 4.69) is 5.32 Å². The Morgan fingerprint density at radius 3 is 2.26 bits per heavy atom. The molecule has 1 heterocycles. The minimum Gasteiger partial charge on any atom is -0.364 e. The average Bonchev–Trinajstić information content (AvgIpc) is 2.41. The number of pyridine rings is 1. The van der Waals surface area contributed by atoms with Crippen molar-refractivity contribution in [3.05, 3.63) is 60.4 Å². The summed E-state index contributed by atoms with van der Waals surface area (Å²) in [6.07, 6.45) is 3.37. The van der Waals surface area contributed by atoms with Crippen LogP contribution in [0.2, 0.25) is 0 Å². The van der Waals surface area contributed by atoms with Crippen molar-refractivity contribution in [2.45, 2.75) is 6.54 Å². The quantitative estimate of drug-likeness (QED) is 0.790. The third-order valence-electron chi connectivity index (χ3n) is 2.52. The molecule has 3 N–H and O–H groups in total. The van der Waals surface area contributed by atoms with Gasteiger partial charge in [0.2, 0.25) is 6.54 Å². The molecule has 5 nitrogen and oxygen atoms in total. The number of aromatic nitrogens is 1. The lowest BCUT2D eigenvalue weighted by Gasteiger charge is -2.04. The maximum atomic E-state index is 11.9. The van der Waals surface area contributed by atoms with E-state index in [-0.39, 0.29) is 12.5 Å². The Hall–Kier alpha value is -2.69. The molecule has 0 aliphatic heterocycles. The van der Waals surface area contributed by atoms with Crippen LogP contribution in [0, 0.1) is 0 Å². The van der Waals surface area contributed by atoms with Crippen LogP contribution in [0.5, 0.6) is 0 Å². The lowest BCUT2D eigenvalue weighted by molar-refractivity contribution is -0.684. The first kappa shape index (κ1) is 12.8. The van der Waals surface area contributed by atoms with Gasteiger partial charge < -0.3 is 11.1 Å². The maximum absolute atomic E-state index is 11.9. The number of nitrogens with zero attached hydrogens (tertiary/aromatic N) is 1. The first-order valence-electron chi connectivity index (χ1n) is 5.79. The van der Waals surface area contributed by atoms with Crippen molar-refractivity contribution in [3.8, 4) is 0 Å². The molecule has 0 radical (unpaired) electrons. The van der Waals surface area contributed by atoms with Crippen LogP contribution < -0.4 is 15.6 Å². The van der Waals surface area contributed by atoms with Gasteiger partial charge in [-0.15, -0.1) is 0 Å². The van der Waals surface area contributed by atoms with Gasteiger partial charge in [0, 0.05) is 17.7 Å². The summed E-state index contributed by atoms with van der Waals surface area (Å²) in [5.41, 5.74) is 6.35. The molecule has 0 bridgehead atoms. The Morgan fingerprint density at radius 2 is 1.68 bits per heavy atom. The van der Waals surface area contributed by atoms with E-state index in [4.69, 9.17) is 5.73 Å². The molecule has 0 fully saturated rings. The van der Waals surface area contributed by atoms with Gasteiger partial charge >= 0.3 is 0 Å². The second kappa shape index (κ2) is 5.77. The average molecular weight is 256 g/mol. The van der Waals surface area contributed by atoms with Crippen LogP contribution in [0.15, 0.2) is 54.9 Å². The van der Waals surface area contributed by atoms with Crippen molar-refractivity contribution in [2.24, 2.45) is 5.73 Å². The number of anilines is 1. The van der Waals surface area contributed by atoms with E-state index in [1.54, 1.807) is 53.4 Å². The molecule has 0 unspecified atom stereocenters. The summed E-state index contributed by atoms with van der Waals surface area (Å²) in [4.78, 5) is 22.6. The minimum atomic E-state index is -0.411. The lowest BCUT2D eigenvalue weighted by Crippen LogP contribution is -2.40. The molecule has 0 atom stereocenters. The lowest BCUT2D eigenvalue weighted by atomic mass is 10.2. The number of nitrogens with one attached hydrogen (secondary N) is 1. The zero-order chi connectivity index (χ0) is 13.7. The van der Waals surface area contributed by atoms with Gasteiger partial charge in [-0.05, 0) is 12.1 Å². The normalized spacial score (nSPS) is 9.89. The Kier molecular flexibility index (Phi) is 3.87. The van der Waals surface area contributed by atoms with E-state index in [1.807, 2.05) is 6.07 Å². The third kappa shape index (κ3) is 3.64. The summed E-state index contributed by atoms with van der Waals surface area (Å²) >= 11 is 0. The first-order valence-corrected chi connectivity index (χ1v) is 5.79. The van der Waals surface area contributed by atoms with Gasteiger partial charge in [-0.25, -0.2) is 0 Å². The molecule has 1 aromatic carbocycles. The summed E-state index contributed by atoms with van der Waals surface area (Å²) in [5.74, 6) is -0.584. The molecule has 0 saturated carbocycles. The van der Waals surface area contributed by atoms with Crippen molar-refractivity contribution >= 4 is 17.5 Å². The number of rotatable bonds is 4. The molecule has 2 rings (SSSR count). The highest BCUT2D eigenvalue weighted by Crippen LogP contribution is 2.06. The van der Waals surface area contributed by atoms with Crippen molar-refractivity contribution in [1.29, 1.82) is 0 Å². The fourth-order valence-electron chi connectivity index (χ4n) is 1.62. The van der Waals surface area contributed by atoms with Gasteiger partial charge in [0.25, 0.3) is 11.8 Å². The predicted molar refractivity (Wildman–Crippen MR) is 70.2 cm³/mol. The number of hydrogen-bond acceptors (Lipinski definition) is 2. The van der Waals surface area contributed by atoms with E-state index in [0.717, 1.165) is 0 Å². The highest BCUT2D eigenvalue weighted by Gasteiger charge is 2.08. The Labute approximate surface area is 110 Å². The summed E-state index contributed by atoms with van der Waals surface area (Å²) in [6.45, 7) is 0.118. The van der Waals surface area contributed by atoms with Crippen molar-refractivity contribution in [3.63, 3.8) is 0 Å². The maximum Gasteiger partial charge on any atom is 0.283 e. The smallest absolute Gasteiger partial charge is 0.283 e. The van der Waals surface area contributed by atoms with Crippen molar-refractivity contribution in [1.82, 2.24) is 0 Å². The molecule has 2 amide bonds. The molecule has 0 spiro atoms. The third-order valence-corrected chi connectivity index (χ3v) is 2.52. The van der Waals surface area contributed by atoms with Crippen LogP contribution in [-0.4, -0.2) is 11.8 Å². The number of carbonyl (C=O) groups excluding carboxylic acids is 2. The Morgan fingerprint density at radius 1 is 1.05 bits per heavy atom. The van der Waals surface area contributed by atoms with E-state index >= 15 is 0 Å². The van der Waals surface area contributed by atoms with Crippen LogP contribution in [0.1, 0.15) is 10.4 Å². The summed E-state index contributed by atoms with van der Waals surface area (Å²) in [6, 6.07) is 12.4. The molecule has 0 saturated heterocycles. The summed E-state index contributed by atoms with van der Waals surface area (Å²) in [7, 11) is 0. The van der Waals surface area contributed by atoms with Gasteiger partial charge in [-0.3, -0.25) is 9.59 Å². The number of nitrogens with two attached hydrogens (primary N) is 1. The van der Waals surface area contributed by atoms with Crippen LogP contribution in [0.25, 0.3) is 0 Å². The number of amides is 2. The Bertz CT molecular complexity index is 579. The van der Waals surface area contributed by atoms with Gasteiger partial charge in [0.1, 0.15) is 0 Å². The molecule has 19 heavy (non-hydrogen) atoms. The van der Waals surface area contributed by atoms with Crippen LogP contribution in [0.3, 0.4) is 0 Å². The van der Waals surface area contributed by atoms with E-state index in [0.29, 0.717) is 11.3 Å². The molecule has 2 aromatic rings. The van der Waals surface area contributed by atoms with Crippen molar-refractivity contribution < 1.29 is 14.2 Å². The van der Waals surface area contributed by atoms with Gasteiger partial charge in [-0.2, -0.15) is 4.57 Å². The number of primary amides is 1. The topological polar surface area (TPSA) is 76.1 Å². The van der Waals surface area contributed by atoms with Crippen LogP contribution >= 0.6 is 0 Å². The number of benzene rings is 1. The van der Waals surface area contributed by atoms with E-state index in [9.17, 15) is 9.59 Å². The monoisotopic (exact) mass is 256 g/mol.